The Balaban J connectivity index is 1.42. The quantitative estimate of drug-likeness (QED) is 0.186. The van der Waals surface area contributed by atoms with Crippen LogP contribution >= 0.6 is 11.8 Å². The van der Waals surface area contributed by atoms with Crippen LogP contribution in [-0.2, 0) is 19.8 Å². The average molecular weight is 551 g/mol. The molecule has 5 heteroatoms. The average Bonchev–Trinajstić information content (AvgIpc) is 3.44. The van der Waals surface area contributed by atoms with E-state index >= 15 is 0 Å². The minimum Gasteiger partial charge on any atom is -0.386 e. The number of hydrogen-bond donors (Lipinski definition) is 1. The highest BCUT2D eigenvalue weighted by Gasteiger charge is 2.56. The molecule has 4 aromatic rings. The third-order valence-corrected chi connectivity index (χ3v) is 8.67. The van der Waals surface area contributed by atoms with Gasteiger partial charge in [0, 0.05) is 10.8 Å². The molecular weight excluding hydrogens is 516 g/mol. The first kappa shape index (κ1) is 27.0. The second kappa shape index (κ2) is 11.4. The normalized spacial score (nSPS) is 24.7. The maximum absolute atomic E-state index is 11.5. The number of aliphatic hydroxyl groups is 1. The molecule has 1 heterocycles. The molecule has 0 bridgehead atoms. The molecule has 0 unspecified atom stereocenters. The van der Waals surface area contributed by atoms with Crippen molar-refractivity contribution >= 4 is 11.8 Å². The summed E-state index contributed by atoms with van der Waals surface area (Å²) in [6.45, 7) is 4.14. The second-order valence-corrected chi connectivity index (χ2v) is 11.7. The van der Waals surface area contributed by atoms with E-state index in [1.807, 2.05) is 86.6 Å². The van der Waals surface area contributed by atoms with Gasteiger partial charge in [0.15, 0.2) is 5.79 Å². The van der Waals surface area contributed by atoms with Crippen LogP contribution < -0.4 is 0 Å². The van der Waals surface area contributed by atoms with Crippen molar-refractivity contribution in [1.82, 2.24) is 0 Å². The number of thioether (sulfide) groups is 1. The molecule has 0 aromatic heterocycles. The highest BCUT2D eigenvalue weighted by atomic mass is 32.2. The number of ether oxygens (including phenoxy) is 3. The van der Waals surface area contributed by atoms with Crippen molar-refractivity contribution in [2.45, 2.75) is 48.4 Å². The Morgan fingerprint density at radius 1 is 0.725 bits per heavy atom. The minimum absolute atomic E-state index is 0.200. The summed E-state index contributed by atoms with van der Waals surface area (Å²) < 4.78 is 19.8. The fourth-order valence-electron chi connectivity index (χ4n) is 5.94. The van der Waals surface area contributed by atoms with Crippen LogP contribution in [0.25, 0.3) is 0 Å². The standard InChI is InChI=1S/C35H34O4S/c1-34(2)38-32-29(30(31(36)33(32)39-34)24-40-28-21-13-6-14-22-28)23-37-35(25-15-7-3-8-16-25,26-17-9-4-10-18-26)27-19-11-5-12-20-27/h3-22,24,29,31-33,36H,23H2,1-2H3/b30-24+/t29-,31-,32+,33-/m0/s1. The summed E-state index contributed by atoms with van der Waals surface area (Å²) in [5.74, 6) is -0.976. The lowest BCUT2D eigenvalue weighted by Gasteiger charge is -2.37. The van der Waals surface area contributed by atoms with Gasteiger partial charge in [0.2, 0.25) is 0 Å². The molecule has 204 valence electrons. The van der Waals surface area contributed by atoms with Gasteiger partial charge in [-0.2, -0.15) is 0 Å². The molecule has 2 aliphatic rings. The van der Waals surface area contributed by atoms with E-state index in [0.717, 1.165) is 27.2 Å². The van der Waals surface area contributed by atoms with Crippen LogP contribution in [0.3, 0.4) is 0 Å². The molecule has 0 spiro atoms. The van der Waals surface area contributed by atoms with Crippen LogP contribution in [0.15, 0.2) is 137 Å². The zero-order chi connectivity index (χ0) is 27.6. The summed E-state index contributed by atoms with van der Waals surface area (Å²) in [5.41, 5.74) is 3.13. The van der Waals surface area contributed by atoms with Crippen LogP contribution in [0.4, 0.5) is 0 Å². The van der Waals surface area contributed by atoms with Gasteiger partial charge in [0.05, 0.1) is 12.7 Å². The number of rotatable bonds is 8. The highest BCUT2D eigenvalue weighted by Crippen LogP contribution is 2.48. The van der Waals surface area contributed by atoms with E-state index in [4.69, 9.17) is 14.2 Å². The zero-order valence-corrected chi connectivity index (χ0v) is 23.5. The molecule has 40 heavy (non-hydrogen) atoms. The zero-order valence-electron chi connectivity index (χ0n) is 22.7. The van der Waals surface area contributed by atoms with Crippen molar-refractivity contribution < 1.29 is 19.3 Å². The van der Waals surface area contributed by atoms with Crippen LogP contribution in [0.5, 0.6) is 0 Å². The van der Waals surface area contributed by atoms with Crippen molar-refractivity contribution in [2.75, 3.05) is 6.61 Å². The molecule has 4 aromatic carbocycles. The summed E-state index contributed by atoms with van der Waals surface area (Å²) in [7, 11) is 0. The lowest BCUT2D eigenvalue weighted by molar-refractivity contribution is -0.163. The second-order valence-electron chi connectivity index (χ2n) is 10.8. The number of aliphatic hydroxyl groups excluding tert-OH is 1. The maximum Gasteiger partial charge on any atom is 0.163 e. The van der Waals surface area contributed by atoms with Crippen molar-refractivity contribution in [3.8, 4) is 0 Å². The smallest absolute Gasteiger partial charge is 0.163 e. The van der Waals surface area contributed by atoms with Crippen molar-refractivity contribution in [1.29, 1.82) is 0 Å². The summed E-state index contributed by atoms with van der Waals surface area (Å²) >= 11 is 1.60. The Labute approximate surface area is 240 Å². The Morgan fingerprint density at radius 3 is 1.68 bits per heavy atom. The Kier molecular flexibility index (Phi) is 7.67. The summed E-state index contributed by atoms with van der Waals surface area (Å²) in [6.07, 6.45) is -1.56. The molecule has 4 atom stereocenters. The van der Waals surface area contributed by atoms with Crippen molar-refractivity contribution in [2.24, 2.45) is 5.92 Å². The van der Waals surface area contributed by atoms with E-state index < -0.39 is 23.6 Å². The van der Waals surface area contributed by atoms with Crippen molar-refractivity contribution in [3.63, 3.8) is 0 Å². The molecule has 1 N–H and O–H groups in total. The molecule has 1 aliphatic heterocycles. The summed E-state index contributed by atoms with van der Waals surface area (Å²) in [6, 6.07) is 41.2. The molecular formula is C35H34O4S. The maximum atomic E-state index is 11.5. The molecule has 6 rings (SSSR count). The first-order valence-corrected chi connectivity index (χ1v) is 14.6. The predicted octanol–water partition coefficient (Wildman–Crippen LogP) is 7.18. The van der Waals surface area contributed by atoms with E-state index in [1.165, 1.54) is 0 Å². The first-order valence-electron chi connectivity index (χ1n) is 13.7. The van der Waals surface area contributed by atoms with E-state index in [2.05, 4.69) is 53.9 Å². The van der Waals surface area contributed by atoms with Gasteiger partial charge in [-0.25, -0.2) is 0 Å². The van der Waals surface area contributed by atoms with E-state index in [0.29, 0.717) is 6.61 Å². The number of hydrogen-bond acceptors (Lipinski definition) is 5. The molecule has 1 saturated carbocycles. The summed E-state index contributed by atoms with van der Waals surface area (Å²) in [4.78, 5) is 1.10. The van der Waals surface area contributed by atoms with E-state index in [9.17, 15) is 5.11 Å². The molecule has 0 radical (unpaired) electrons. The van der Waals surface area contributed by atoms with E-state index in [1.54, 1.807) is 11.8 Å². The van der Waals surface area contributed by atoms with Gasteiger partial charge in [-0.15, -0.1) is 0 Å². The fraction of sp³-hybridized carbons (Fsp3) is 0.257. The van der Waals surface area contributed by atoms with Crippen LogP contribution in [0, 0.1) is 5.92 Å². The highest BCUT2D eigenvalue weighted by molar-refractivity contribution is 8.02. The lowest BCUT2D eigenvalue weighted by Crippen LogP contribution is -2.37. The molecule has 1 aliphatic carbocycles. The van der Waals surface area contributed by atoms with Crippen LogP contribution in [0.1, 0.15) is 30.5 Å². The van der Waals surface area contributed by atoms with Gasteiger partial charge in [0.1, 0.15) is 17.8 Å². The Bertz CT molecular complexity index is 1330. The third kappa shape index (κ3) is 5.16. The first-order chi connectivity index (χ1) is 19.5. The number of fused-ring (bicyclic) bond motifs is 1. The number of benzene rings is 4. The lowest BCUT2D eigenvalue weighted by atomic mass is 9.80. The monoisotopic (exact) mass is 550 g/mol. The van der Waals surface area contributed by atoms with Gasteiger partial charge in [0.25, 0.3) is 0 Å². The minimum atomic E-state index is -0.862. The van der Waals surface area contributed by atoms with Gasteiger partial charge in [-0.3, -0.25) is 0 Å². The van der Waals surface area contributed by atoms with Gasteiger partial charge < -0.3 is 19.3 Å². The third-order valence-electron chi connectivity index (χ3n) is 7.74. The predicted molar refractivity (Wildman–Crippen MR) is 159 cm³/mol. The Hall–Kier alpha value is -3.19. The van der Waals surface area contributed by atoms with Gasteiger partial charge in [-0.05, 0) is 53.7 Å². The van der Waals surface area contributed by atoms with Crippen molar-refractivity contribution in [3.05, 3.63) is 149 Å². The van der Waals surface area contributed by atoms with Crippen LogP contribution in [-0.4, -0.2) is 35.8 Å². The summed E-state index contributed by atoms with van der Waals surface area (Å²) in [5, 5.41) is 13.5. The molecule has 2 fully saturated rings. The van der Waals surface area contributed by atoms with E-state index in [-0.39, 0.29) is 12.0 Å². The van der Waals surface area contributed by atoms with Gasteiger partial charge in [-0.1, -0.05) is 121 Å². The fourth-order valence-corrected chi connectivity index (χ4v) is 6.84. The molecule has 4 nitrogen and oxygen atoms in total. The SMILES string of the molecule is CC1(C)O[C@@H]2[C@H](O1)[C@@H](COC(c1ccccc1)(c1ccccc1)c1ccccc1)/C(=C\Sc1ccccc1)[C@@H]2O. The topological polar surface area (TPSA) is 47.9 Å². The van der Waals surface area contributed by atoms with Crippen LogP contribution in [0.2, 0.25) is 0 Å². The largest absolute Gasteiger partial charge is 0.386 e. The Morgan fingerprint density at radius 2 is 1.18 bits per heavy atom. The molecule has 0 amide bonds. The van der Waals surface area contributed by atoms with Gasteiger partial charge >= 0.3 is 0 Å². The molecule has 1 saturated heterocycles.